The van der Waals surface area contributed by atoms with E-state index in [1.807, 2.05) is 47.4 Å². The molecule has 1 saturated heterocycles. The molecule has 1 saturated carbocycles. The summed E-state index contributed by atoms with van der Waals surface area (Å²) in [5.74, 6) is 1.69. The number of pyridine rings is 1. The fourth-order valence-electron chi connectivity index (χ4n) is 4.19. The van der Waals surface area contributed by atoms with E-state index in [-0.39, 0.29) is 11.9 Å². The maximum Gasteiger partial charge on any atom is 0.269 e. The monoisotopic (exact) mass is 429 g/mol. The Bertz CT molecular complexity index is 1260. The SMILES string of the molecule is O=C(NC1CC1)c1cc(Nc2nc(N3CCCC3c3ccncc3)nn3cccc23)n[nH]1. The van der Waals surface area contributed by atoms with Crippen LogP contribution in [0, 0.1) is 0 Å². The van der Waals surface area contributed by atoms with Gasteiger partial charge in [0, 0.05) is 37.2 Å². The molecule has 162 valence electrons. The highest BCUT2D eigenvalue weighted by molar-refractivity contribution is 5.93. The molecule has 10 nitrogen and oxygen atoms in total. The van der Waals surface area contributed by atoms with Crippen molar-refractivity contribution >= 4 is 29.0 Å². The van der Waals surface area contributed by atoms with Gasteiger partial charge in [0.2, 0.25) is 5.95 Å². The molecule has 5 heterocycles. The van der Waals surface area contributed by atoms with Gasteiger partial charge in [-0.3, -0.25) is 14.9 Å². The third kappa shape index (κ3) is 3.53. The molecule has 4 aromatic rings. The summed E-state index contributed by atoms with van der Waals surface area (Å²) in [7, 11) is 0. The third-order valence-electron chi connectivity index (χ3n) is 5.96. The van der Waals surface area contributed by atoms with Crippen molar-refractivity contribution in [2.75, 3.05) is 16.8 Å². The normalized spacial score (nSPS) is 18.2. The van der Waals surface area contributed by atoms with Crippen LogP contribution in [0.2, 0.25) is 0 Å². The number of carbonyl (C=O) groups excluding carboxylic acids is 1. The lowest BCUT2D eigenvalue weighted by molar-refractivity contribution is 0.0946. The summed E-state index contributed by atoms with van der Waals surface area (Å²) in [6, 6.07) is 10.2. The highest BCUT2D eigenvalue weighted by Gasteiger charge is 2.29. The van der Waals surface area contributed by atoms with Crippen molar-refractivity contribution in [3.8, 4) is 0 Å². The van der Waals surface area contributed by atoms with Crippen LogP contribution in [0.1, 0.15) is 47.8 Å². The van der Waals surface area contributed by atoms with E-state index in [0.29, 0.717) is 29.3 Å². The highest BCUT2D eigenvalue weighted by Crippen LogP contribution is 2.35. The largest absolute Gasteiger partial charge is 0.348 e. The molecule has 0 aromatic carbocycles. The molecule has 6 rings (SSSR count). The second-order valence-corrected chi connectivity index (χ2v) is 8.27. The summed E-state index contributed by atoms with van der Waals surface area (Å²) in [4.78, 5) is 23.5. The van der Waals surface area contributed by atoms with Gasteiger partial charge < -0.3 is 15.5 Å². The van der Waals surface area contributed by atoms with Crippen LogP contribution < -0.4 is 15.5 Å². The van der Waals surface area contributed by atoms with Crippen LogP contribution >= 0.6 is 0 Å². The molecular formula is C22H23N9O. The third-order valence-corrected chi connectivity index (χ3v) is 5.96. The topological polar surface area (TPSA) is 116 Å². The number of hydrogen-bond acceptors (Lipinski definition) is 7. The molecule has 1 amide bonds. The quantitative estimate of drug-likeness (QED) is 0.432. The van der Waals surface area contributed by atoms with Crippen LogP contribution in [0.3, 0.4) is 0 Å². The summed E-state index contributed by atoms with van der Waals surface area (Å²) in [6.45, 7) is 0.882. The number of fused-ring (bicyclic) bond motifs is 1. The first kappa shape index (κ1) is 18.8. The highest BCUT2D eigenvalue weighted by atomic mass is 16.2. The van der Waals surface area contributed by atoms with Crippen molar-refractivity contribution in [1.82, 2.24) is 35.1 Å². The number of aromatic nitrogens is 6. The van der Waals surface area contributed by atoms with Gasteiger partial charge in [-0.05, 0) is 55.5 Å². The molecule has 0 spiro atoms. The lowest BCUT2D eigenvalue weighted by Crippen LogP contribution is -2.26. The lowest BCUT2D eigenvalue weighted by Gasteiger charge is -2.25. The van der Waals surface area contributed by atoms with Gasteiger partial charge in [0.25, 0.3) is 5.91 Å². The zero-order valence-corrected chi connectivity index (χ0v) is 17.4. The van der Waals surface area contributed by atoms with Crippen LogP contribution in [0.25, 0.3) is 5.52 Å². The van der Waals surface area contributed by atoms with Crippen LogP contribution in [-0.4, -0.2) is 48.3 Å². The minimum atomic E-state index is -0.137. The van der Waals surface area contributed by atoms with Gasteiger partial charge in [-0.1, -0.05) is 0 Å². The van der Waals surface area contributed by atoms with Crippen molar-refractivity contribution in [1.29, 1.82) is 0 Å². The van der Waals surface area contributed by atoms with E-state index in [2.05, 4.69) is 30.7 Å². The number of nitrogens with one attached hydrogen (secondary N) is 3. The van der Waals surface area contributed by atoms with Gasteiger partial charge in [-0.2, -0.15) is 10.1 Å². The maximum absolute atomic E-state index is 12.3. The Morgan fingerprint density at radius 1 is 1.16 bits per heavy atom. The van der Waals surface area contributed by atoms with E-state index < -0.39 is 0 Å². The van der Waals surface area contributed by atoms with Crippen molar-refractivity contribution in [2.45, 2.75) is 37.8 Å². The molecule has 2 aliphatic rings. The molecular weight excluding hydrogens is 406 g/mol. The molecule has 32 heavy (non-hydrogen) atoms. The van der Waals surface area contributed by atoms with E-state index in [1.165, 1.54) is 5.56 Å². The molecule has 2 fully saturated rings. The van der Waals surface area contributed by atoms with Crippen molar-refractivity contribution in [2.24, 2.45) is 0 Å². The van der Waals surface area contributed by atoms with Crippen LogP contribution in [0.15, 0.2) is 48.9 Å². The number of carbonyl (C=O) groups is 1. The van der Waals surface area contributed by atoms with E-state index >= 15 is 0 Å². The number of aromatic amines is 1. The molecule has 1 aliphatic heterocycles. The zero-order valence-electron chi connectivity index (χ0n) is 17.4. The average Bonchev–Trinajstić information content (AvgIpc) is 3.23. The predicted octanol–water partition coefficient (Wildman–Crippen LogP) is 2.82. The summed E-state index contributed by atoms with van der Waals surface area (Å²) < 4.78 is 1.82. The van der Waals surface area contributed by atoms with E-state index in [9.17, 15) is 4.79 Å². The molecule has 10 heteroatoms. The first-order chi connectivity index (χ1) is 15.7. The second kappa shape index (κ2) is 7.63. The number of amides is 1. The minimum absolute atomic E-state index is 0.137. The average molecular weight is 429 g/mol. The second-order valence-electron chi connectivity index (χ2n) is 8.27. The van der Waals surface area contributed by atoms with Gasteiger partial charge in [0.05, 0.1) is 6.04 Å². The molecule has 4 aromatic heterocycles. The summed E-state index contributed by atoms with van der Waals surface area (Å²) in [6.07, 6.45) is 9.74. The van der Waals surface area contributed by atoms with Gasteiger partial charge in [0.1, 0.15) is 11.2 Å². The maximum atomic E-state index is 12.3. The lowest BCUT2D eigenvalue weighted by atomic mass is 10.1. The number of H-pyrrole nitrogens is 1. The molecule has 0 bridgehead atoms. The molecule has 1 atom stereocenters. The fourth-order valence-corrected chi connectivity index (χ4v) is 4.19. The standard InChI is InChI=1S/C22H23N9O/c32-21(24-15-5-6-15)16-13-19(28-27-16)25-20-18-4-2-12-31(18)29-22(26-20)30-11-1-3-17(30)14-7-9-23-10-8-14/h2,4,7-10,12-13,15,17H,1,3,5-6,11H2,(H,24,32)(H2,25,26,27,28,29). The molecule has 3 N–H and O–H groups in total. The van der Waals surface area contributed by atoms with Gasteiger partial charge >= 0.3 is 0 Å². The number of rotatable bonds is 6. The minimum Gasteiger partial charge on any atom is -0.348 e. The Morgan fingerprint density at radius 2 is 2.03 bits per heavy atom. The molecule has 0 radical (unpaired) electrons. The predicted molar refractivity (Wildman–Crippen MR) is 119 cm³/mol. The molecule has 1 unspecified atom stereocenters. The Hall–Kier alpha value is -3.95. The zero-order chi connectivity index (χ0) is 21.5. The number of anilines is 3. The molecule has 1 aliphatic carbocycles. The Balaban J connectivity index is 1.30. The summed E-state index contributed by atoms with van der Waals surface area (Å²) in [5, 5.41) is 18.0. The van der Waals surface area contributed by atoms with Crippen molar-refractivity contribution in [3.63, 3.8) is 0 Å². The Labute approximate surface area is 184 Å². The number of nitrogens with zero attached hydrogens (tertiary/aromatic N) is 6. The number of hydrogen-bond donors (Lipinski definition) is 3. The van der Waals surface area contributed by atoms with Gasteiger partial charge in [0.15, 0.2) is 11.6 Å². The Morgan fingerprint density at radius 3 is 2.88 bits per heavy atom. The Kier molecular flexibility index (Phi) is 4.48. The van der Waals surface area contributed by atoms with Gasteiger partial charge in [-0.25, -0.2) is 4.52 Å². The van der Waals surface area contributed by atoms with Crippen LogP contribution in [0.5, 0.6) is 0 Å². The van der Waals surface area contributed by atoms with Crippen molar-refractivity contribution < 1.29 is 4.79 Å². The fraction of sp³-hybridized carbons (Fsp3) is 0.318. The first-order valence-electron chi connectivity index (χ1n) is 10.9. The van der Waals surface area contributed by atoms with E-state index in [0.717, 1.165) is 37.7 Å². The van der Waals surface area contributed by atoms with Gasteiger partial charge in [-0.15, -0.1) is 5.10 Å². The van der Waals surface area contributed by atoms with Crippen molar-refractivity contribution in [3.05, 3.63) is 60.2 Å². The van der Waals surface area contributed by atoms with E-state index in [1.54, 1.807) is 6.07 Å². The smallest absolute Gasteiger partial charge is 0.269 e. The van der Waals surface area contributed by atoms with Crippen LogP contribution in [-0.2, 0) is 0 Å². The first-order valence-corrected chi connectivity index (χ1v) is 10.9. The summed E-state index contributed by atoms with van der Waals surface area (Å²) >= 11 is 0. The van der Waals surface area contributed by atoms with Crippen LogP contribution in [0.4, 0.5) is 17.6 Å². The summed E-state index contributed by atoms with van der Waals surface area (Å²) in [5.41, 5.74) is 2.47. The van der Waals surface area contributed by atoms with E-state index in [4.69, 9.17) is 10.1 Å².